The van der Waals surface area contributed by atoms with Crippen molar-refractivity contribution in [2.75, 3.05) is 6.26 Å². The summed E-state index contributed by atoms with van der Waals surface area (Å²) in [7, 11) is -3.22. The van der Waals surface area contributed by atoms with Crippen molar-refractivity contribution in [3.8, 4) is 11.1 Å². The van der Waals surface area contributed by atoms with Gasteiger partial charge in [-0.3, -0.25) is 4.79 Å². The van der Waals surface area contributed by atoms with Gasteiger partial charge in [0.2, 0.25) is 0 Å². The molecule has 0 amide bonds. The summed E-state index contributed by atoms with van der Waals surface area (Å²) >= 11 is 0. The maximum Gasteiger partial charge on any atom is 0.175 e. The van der Waals surface area contributed by atoms with Crippen LogP contribution >= 0.6 is 0 Å². The second kappa shape index (κ2) is 5.10. The van der Waals surface area contributed by atoms with Crippen molar-refractivity contribution in [2.24, 2.45) is 0 Å². The molecule has 0 spiro atoms. The van der Waals surface area contributed by atoms with Crippen molar-refractivity contribution >= 4 is 21.6 Å². The number of aldehydes is 1. The SMILES string of the molecule is Cc1ccn2c(C=O)c(-c3ccc(S(C)(=O)=O)cc3)cc2c1. The Hall–Kier alpha value is -2.40. The van der Waals surface area contributed by atoms with Crippen LogP contribution in [0, 0.1) is 6.92 Å². The quantitative estimate of drug-likeness (QED) is 0.698. The van der Waals surface area contributed by atoms with Gasteiger partial charge in [0.05, 0.1) is 10.6 Å². The predicted octanol–water partition coefficient (Wildman–Crippen LogP) is 3.13. The van der Waals surface area contributed by atoms with Crippen molar-refractivity contribution in [1.82, 2.24) is 4.40 Å². The van der Waals surface area contributed by atoms with E-state index in [-0.39, 0.29) is 4.90 Å². The van der Waals surface area contributed by atoms with E-state index in [1.807, 2.05) is 35.7 Å². The van der Waals surface area contributed by atoms with Crippen molar-refractivity contribution in [1.29, 1.82) is 0 Å². The van der Waals surface area contributed by atoms with Crippen LogP contribution in [0.5, 0.6) is 0 Å². The maximum atomic E-state index is 11.5. The monoisotopic (exact) mass is 313 g/mol. The highest BCUT2D eigenvalue weighted by atomic mass is 32.2. The topological polar surface area (TPSA) is 55.6 Å². The number of aryl methyl sites for hydroxylation is 1. The molecule has 0 bridgehead atoms. The molecule has 0 aliphatic heterocycles. The van der Waals surface area contributed by atoms with Gasteiger partial charge in [0.15, 0.2) is 16.1 Å². The number of benzene rings is 1. The Morgan fingerprint density at radius 3 is 2.32 bits per heavy atom. The molecular formula is C17H15NO3S. The molecule has 22 heavy (non-hydrogen) atoms. The number of rotatable bonds is 3. The van der Waals surface area contributed by atoms with Gasteiger partial charge in [0.1, 0.15) is 0 Å². The Kier molecular flexibility index (Phi) is 3.37. The summed E-state index contributed by atoms with van der Waals surface area (Å²) < 4.78 is 24.9. The first kappa shape index (κ1) is 14.5. The fourth-order valence-corrected chi connectivity index (χ4v) is 3.17. The predicted molar refractivity (Wildman–Crippen MR) is 86.1 cm³/mol. The lowest BCUT2D eigenvalue weighted by molar-refractivity contribution is 0.111. The highest BCUT2D eigenvalue weighted by Crippen LogP contribution is 2.28. The molecule has 2 heterocycles. The molecule has 0 fully saturated rings. The Labute approximate surface area is 128 Å². The zero-order valence-corrected chi connectivity index (χ0v) is 13.1. The van der Waals surface area contributed by atoms with Crippen molar-refractivity contribution in [3.63, 3.8) is 0 Å². The third-order valence-electron chi connectivity index (χ3n) is 3.67. The molecule has 3 rings (SSSR count). The lowest BCUT2D eigenvalue weighted by atomic mass is 10.1. The molecule has 2 aromatic heterocycles. The van der Waals surface area contributed by atoms with E-state index < -0.39 is 9.84 Å². The molecule has 0 aliphatic rings. The van der Waals surface area contributed by atoms with Gasteiger partial charge >= 0.3 is 0 Å². The lowest BCUT2D eigenvalue weighted by Gasteiger charge is -2.03. The third kappa shape index (κ3) is 2.44. The minimum atomic E-state index is -3.22. The Morgan fingerprint density at radius 1 is 1.05 bits per heavy atom. The van der Waals surface area contributed by atoms with Gasteiger partial charge in [-0.2, -0.15) is 0 Å². The van der Waals surface area contributed by atoms with Crippen molar-refractivity contribution in [3.05, 3.63) is 59.9 Å². The number of aromatic nitrogens is 1. The Balaban J connectivity index is 2.19. The molecule has 0 atom stereocenters. The van der Waals surface area contributed by atoms with E-state index in [9.17, 15) is 13.2 Å². The number of carbonyl (C=O) groups excluding carboxylic acids is 1. The molecule has 0 aliphatic carbocycles. The minimum absolute atomic E-state index is 0.267. The fraction of sp³-hybridized carbons (Fsp3) is 0.118. The molecular weight excluding hydrogens is 298 g/mol. The molecule has 0 saturated heterocycles. The first-order valence-corrected chi connectivity index (χ1v) is 8.66. The van der Waals surface area contributed by atoms with Gasteiger partial charge in [0, 0.05) is 23.5 Å². The van der Waals surface area contributed by atoms with Crippen LogP contribution in [0.1, 0.15) is 16.1 Å². The number of hydrogen-bond acceptors (Lipinski definition) is 3. The molecule has 3 aromatic rings. The van der Waals surface area contributed by atoms with Crippen molar-refractivity contribution < 1.29 is 13.2 Å². The van der Waals surface area contributed by atoms with Gasteiger partial charge < -0.3 is 4.40 Å². The molecule has 0 radical (unpaired) electrons. The van der Waals surface area contributed by atoms with Gasteiger partial charge in [-0.25, -0.2) is 8.42 Å². The summed E-state index contributed by atoms with van der Waals surface area (Å²) in [6.45, 7) is 1.99. The van der Waals surface area contributed by atoms with Crippen LogP contribution in [0.25, 0.3) is 16.6 Å². The number of hydrogen-bond donors (Lipinski definition) is 0. The number of sulfone groups is 1. The molecule has 4 nitrogen and oxygen atoms in total. The first-order chi connectivity index (χ1) is 10.4. The van der Waals surface area contributed by atoms with Crippen LogP contribution in [0.4, 0.5) is 0 Å². The zero-order chi connectivity index (χ0) is 15.9. The summed E-state index contributed by atoms with van der Waals surface area (Å²) in [5, 5.41) is 0. The van der Waals surface area contributed by atoms with Crippen LogP contribution < -0.4 is 0 Å². The smallest absolute Gasteiger partial charge is 0.175 e. The first-order valence-electron chi connectivity index (χ1n) is 6.77. The van der Waals surface area contributed by atoms with Crippen LogP contribution in [0.15, 0.2) is 53.6 Å². The van der Waals surface area contributed by atoms with E-state index in [4.69, 9.17) is 0 Å². The average Bonchev–Trinajstić information content (AvgIpc) is 2.84. The van der Waals surface area contributed by atoms with Crippen LogP contribution in [0.2, 0.25) is 0 Å². The van der Waals surface area contributed by atoms with Crippen LogP contribution in [0.3, 0.4) is 0 Å². The van der Waals surface area contributed by atoms with E-state index in [2.05, 4.69) is 0 Å². The second-order valence-electron chi connectivity index (χ2n) is 5.36. The fourth-order valence-electron chi connectivity index (χ4n) is 2.54. The standard InChI is InChI=1S/C17H15NO3S/c1-12-7-8-18-14(9-12)10-16(17(18)11-19)13-3-5-15(6-4-13)22(2,20)21/h3-11H,1-2H3. The molecule has 0 saturated carbocycles. The molecule has 1 aromatic carbocycles. The Morgan fingerprint density at radius 2 is 1.73 bits per heavy atom. The van der Waals surface area contributed by atoms with E-state index in [0.717, 1.165) is 28.5 Å². The third-order valence-corrected chi connectivity index (χ3v) is 4.80. The Bertz CT molecular complexity index is 967. The summed E-state index contributed by atoms with van der Waals surface area (Å²) in [4.78, 5) is 11.7. The van der Waals surface area contributed by atoms with Crippen LogP contribution in [-0.4, -0.2) is 25.4 Å². The number of carbonyl (C=O) groups is 1. The highest BCUT2D eigenvalue weighted by Gasteiger charge is 2.13. The second-order valence-corrected chi connectivity index (χ2v) is 7.37. The van der Waals surface area contributed by atoms with Crippen LogP contribution in [-0.2, 0) is 9.84 Å². The highest BCUT2D eigenvalue weighted by molar-refractivity contribution is 7.90. The van der Waals surface area contributed by atoms with E-state index >= 15 is 0 Å². The average molecular weight is 313 g/mol. The van der Waals surface area contributed by atoms with E-state index in [1.54, 1.807) is 24.3 Å². The largest absolute Gasteiger partial charge is 0.314 e. The summed E-state index contributed by atoms with van der Waals surface area (Å²) in [5.74, 6) is 0. The zero-order valence-electron chi connectivity index (χ0n) is 12.3. The van der Waals surface area contributed by atoms with E-state index in [0.29, 0.717) is 5.69 Å². The summed E-state index contributed by atoms with van der Waals surface area (Å²) in [5.41, 5.74) is 4.21. The summed E-state index contributed by atoms with van der Waals surface area (Å²) in [6, 6.07) is 12.5. The summed E-state index contributed by atoms with van der Waals surface area (Å²) in [6.07, 6.45) is 3.86. The van der Waals surface area contributed by atoms with Gasteiger partial charge in [-0.1, -0.05) is 12.1 Å². The number of nitrogens with zero attached hydrogens (tertiary/aromatic N) is 1. The molecule has 5 heteroatoms. The molecule has 0 N–H and O–H groups in total. The van der Waals surface area contributed by atoms with Crippen molar-refractivity contribution in [2.45, 2.75) is 11.8 Å². The molecule has 0 unspecified atom stereocenters. The number of fused-ring (bicyclic) bond motifs is 1. The lowest BCUT2D eigenvalue weighted by Crippen LogP contribution is -1.96. The number of pyridine rings is 1. The maximum absolute atomic E-state index is 11.5. The normalized spacial score (nSPS) is 11.7. The van der Waals surface area contributed by atoms with Gasteiger partial charge in [-0.05, 0) is 48.4 Å². The van der Waals surface area contributed by atoms with E-state index in [1.165, 1.54) is 6.26 Å². The minimum Gasteiger partial charge on any atom is -0.314 e. The molecule has 112 valence electrons. The van der Waals surface area contributed by atoms with Gasteiger partial charge in [-0.15, -0.1) is 0 Å². The van der Waals surface area contributed by atoms with Gasteiger partial charge in [0.25, 0.3) is 0 Å².